The number of hydrogen-bond donors (Lipinski definition) is 3. The zero-order valence-electron chi connectivity index (χ0n) is 6.98. The molecule has 1 atom stereocenters. The molecule has 0 rings (SSSR count). The van der Waals surface area contributed by atoms with Crippen LogP contribution in [0.3, 0.4) is 0 Å². The third-order valence-electron chi connectivity index (χ3n) is 1.73. The Balaban J connectivity index is 4.56. The van der Waals surface area contributed by atoms with E-state index in [0.29, 0.717) is 0 Å². The number of rotatable bonds is 3. The number of amides is 1. The molecule has 0 radical (unpaired) electrons. The molecule has 78 valence electrons. The number of aliphatic hydroxyl groups is 1. The first-order valence-corrected chi connectivity index (χ1v) is 3.55. The third-order valence-corrected chi connectivity index (χ3v) is 1.73. The highest BCUT2D eigenvalue weighted by molar-refractivity contribution is 5.76. The monoisotopic (exact) mass is 200 g/mol. The first-order chi connectivity index (χ1) is 5.77. The summed E-state index contributed by atoms with van der Waals surface area (Å²) in [6, 6.07) is 0. The Kier molecular flexibility index (Phi) is 3.68. The summed E-state index contributed by atoms with van der Waals surface area (Å²) in [5.41, 5.74) is -1.46. The Bertz CT molecular complexity index is 195. The lowest BCUT2D eigenvalue weighted by atomic mass is 9.95. The van der Waals surface area contributed by atoms with Crippen LogP contribution in [0, 0.1) is 0 Å². The summed E-state index contributed by atoms with van der Waals surface area (Å²) in [7, 11) is 0. The van der Waals surface area contributed by atoms with E-state index in [-0.39, 0.29) is 0 Å². The third kappa shape index (κ3) is 2.85. The topological polar surface area (TPSA) is 75.3 Å². The van der Waals surface area contributed by atoms with Gasteiger partial charge in [0.2, 0.25) is 5.91 Å². The second-order valence-electron chi connectivity index (χ2n) is 2.63. The number of nitrogens with one attached hydrogen (secondary N) is 1. The molecule has 0 heterocycles. The summed E-state index contributed by atoms with van der Waals surface area (Å²) < 4.78 is 36.4. The molecule has 0 aliphatic heterocycles. The van der Waals surface area contributed by atoms with Gasteiger partial charge in [0.15, 0.2) is 5.60 Å². The van der Waals surface area contributed by atoms with Crippen molar-refractivity contribution in [3.8, 4) is 0 Å². The standard InChI is InChI=1S/C6H11F3N2O2/c1-2-5(13,6(7,8)9)3-4(12)11-10/h13H,2-3,10H2,1H3,(H,11,12)/t5-/m0/s1. The van der Waals surface area contributed by atoms with E-state index in [9.17, 15) is 18.0 Å². The summed E-state index contributed by atoms with van der Waals surface area (Å²) in [5, 5.41) is 9.02. The van der Waals surface area contributed by atoms with E-state index in [1.807, 2.05) is 0 Å². The van der Waals surface area contributed by atoms with Gasteiger partial charge >= 0.3 is 6.18 Å². The number of nitrogens with two attached hydrogens (primary N) is 1. The molecule has 4 nitrogen and oxygen atoms in total. The largest absolute Gasteiger partial charge is 0.417 e. The molecule has 0 saturated heterocycles. The van der Waals surface area contributed by atoms with Crippen LogP contribution in [-0.4, -0.2) is 22.8 Å². The molecule has 0 unspecified atom stereocenters. The van der Waals surface area contributed by atoms with Gasteiger partial charge < -0.3 is 5.11 Å². The quantitative estimate of drug-likeness (QED) is 0.343. The van der Waals surface area contributed by atoms with Gasteiger partial charge in [0.25, 0.3) is 0 Å². The number of hydrogen-bond acceptors (Lipinski definition) is 3. The fourth-order valence-corrected chi connectivity index (χ4v) is 0.742. The molecule has 0 aromatic carbocycles. The minimum atomic E-state index is -4.83. The number of hydrazine groups is 1. The fraction of sp³-hybridized carbons (Fsp3) is 0.833. The molecule has 4 N–H and O–H groups in total. The highest BCUT2D eigenvalue weighted by Gasteiger charge is 2.53. The summed E-state index contributed by atoms with van der Waals surface area (Å²) in [6.45, 7) is 1.14. The van der Waals surface area contributed by atoms with Gasteiger partial charge in [0.1, 0.15) is 0 Å². The van der Waals surface area contributed by atoms with Crippen molar-refractivity contribution in [2.75, 3.05) is 0 Å². The molecule has 0 bridgehead atoms. The van der Waals surface area contributed by atoms with Crippen molar-refractivity contribution in [3.63, 3.8) is 0 Å². The van der Waals surface area contributed by atoms with Crippen molar-refractivity contribution in [1.29, 1.82) is 0 Å². The van der Waals surface area contributed by atoms with Crippen molar-refractivity contribution >= 4 is 5.91 Å². The van der Waals surface area contributed by atoms with Crippen LogP contribution in [0.4, 0.5) is 13.2 Å². The van der Waals surface area contributed by atoms with Gasteiger partial charge in [-0.15, -0.1) is 0 Å². The van der Waals surface area contributed by atoms with Crippen molar-refractivity contribution in [3.05, 3.63) is 0 Å². The van der Waals surface area contributed by atoms with E-state index in [2.05, 4.69) is 5.84 Å². The molecule has 0 aromatic heterocycles. The van der Waals surface area contributed by atoms with Crippen molar-refractivity contribution < 1.29 is 23.1 Å². The van der Waals surface area contributed by atoms with Gasteiger partial charge in [-0.05, 0) is 6.42 Å². The number of alkyl halides is 3. The van der Waals surface area contributed by atoms with Crippen LogP contribution in [0.2, 0.25) is 0 Å². The smallest absolute Gasteiger partial charge is 0.380 e. The van der Waals surface area contributed by atoms with Crippen molar-refractivity contribution in [2.45, 2.75) is 31.5 Å². The fourth-order valence-electron chi connectivity index (χ4n) is 0.742. The Morgan fingerprint density at radius 1 is 1.54 bits per heavy atom. The van der Waals surface area contributed by atoms with Gasteiger partial charge in [-0.2, -0.15) is 13.2 Å². The van der Waals surface area contributed by atoms with E-state index in [4.69, 9.17) is 5.11 Å². The molecular weight excluding hydrogens is 189 g/mol. The molecule has 7 heteroatoms. The summed E-state index contributed by atoms with van der Waals surface area (Å²) >= 11 is 0. The van der Waals surface area contributed by atoms with Crippen LogP contribution in [0.15, 0.2) is 0 Å². The second kappa shape index (κ2) is 3.93. The maximum atomic E-state index is 12.1. The normalized spacial score (nSPS) is 16.5. The zero-order chi connectivity index (χ0) is 10.7. The van der Waals surface area contributed by atoms with E-state index >= 15 is 0 Å². The molecule has 0 spiro atoms. The first kappa shape index (κ1) is 12.2. The van der Waals surface area contributed by atoms with Gasteiger partial charge in [-0.1, -0.05) is 6.92 Å². The summed E-state index contributed by atoms with van der Waals surface area (Å²) in [6.07, 6.45) is -6.50. The van der Waals surface area contributed by atoms with Gasteiger partial charge in [-0.3, -0.25) is 10.2 Å². The van der Waals surface area contributed by atoms with Gasteiger partial charge in [0, 0.05) is 0 Å². The second-order valence-corrected chi connectivity index (χ2v) is 2.63. The molecular formula is C6H11F3N2O2. The maximum absolute atomic E-state index is 12.1. The van der Waals surface area contributed by atoms with Crippen LogP contribution in [0.1, 0.15) is 19.8 Å². The van der Waals surface area contributed by atoms with Crippen LogP contribution in [0.25, 0.3) is 0 Å². The molecule has 13 heavy (non-hydrogen) atoms. The minimum Gasteiger partial charge on any atom is -0.380 e. The average Bonchev–Trinajstić information content (AvgIpc) is 2.02. The molecule has 0 aromatic rings. The maximum Gasteiger partial charge on any atom is 0.417 e. The molecule has 1 amide bonds. The Morgan fingerprint density at radius 3 is 2.23 bits per heavy atom. The van der Waals surface area contributed by atoms with Crippen LogP contribution in [0.5, 0.6) is 0 Å². The van der Waals surface area contributed by atoms with Crippen LogP contribution < -0.4 is 11.3 Å². The SMILES string of the molecule is CC[C@](O)(CC(=O)NN)C(F)(F)F. The van der Waals surface area contributed by atoms with Gasteiger partial charge in [-0.25, -0.2) is 5.84 Å². The van der Waals surface area contributed by atoms with Crippen LogP contribution >= 0.6 is 0 Å². The van der Waals surface area contributed by atoms with E-state index in [1.54, 1.807) is 0 Å². The van der Waals surface area contributed by atoms with E-state index < -0.39 is 30.5 Å². The van der Waals surface area contributed by atoms with Crippen molar-refractivity contribution in [2.24, 2.45) is 5.84 Å². The van der Waals surface area contributed by atoms with Crippen molar-refractivity contribution in [1.82, 2.24) is 5.43 Å². The average molecular weight is 200 g/mol. The molecule has 0 aliphatic carbocycles. The lowest BCUT2D eigenvalue weighted by Crippen LogP contribution is -2.49. The Hall–Kier alpha value is -0.820. The van der Waals surface area contributed by atoms with E-state index in [0.717, 1.165) is 6.92 Å². The highest BCUT2D eigenvalue weighted by Crippen LogP contribution is 2.35. The predicted molar refractivity (Wildman–Crippen MR) is 38.2 cm³/mol. The molecule has 0 aliphatic rings. The van der Waals surface area contributed by atoms with Gasteiger partial charge in [0.05, 0.1) is 6.42 Å². The van der Waals surface area contributed by atoms with Crippen LogP contribution in [-0.2, 0) is 4.79 Å². The highest BCUT2D eigenvalue weighted by atomic mass is 19.4. The minimum absolute atomic E-state index is 0.593. The Labute approximate surface area is 72.9 Å². The number of carbonyl (C=O) groups is 1. The zero-order valence-corrected chi connectivity index (χ0v) is 6.98. The first-order valence-electron chi connectivity index (χ1n) is 3.55. The summed E-state index contributed by atoms with van der Waals surface area (Å²) in [5.74, 6) is 3.55. The number of carbonyl (C=O) groups excluding carboxylic acids is 1. The lowest BCUT2D eigenvalue weighted by Gasteiger charge is -2.28. The predicted octanol–water partition coefficient (Wildman–Crippen LogP) is 0.0698. The molecule has 0 saturated carbocycles. The van der Waals surface area contributed by atoms with E-state index in [1.165, 1.54) is 5.43 Å². The summed E-state index contributed by atoms with van der Waals surface area (Å²) in [4.78, 5) is 10.5. The Morgan fingerprint density at radius 2 is 2.00 bits per heavy atom. The number of halogens is 3. The lowest BCUT2D eigenvalue weighted by molar-refractivity contribution is -0.261. The molecule has 0 fully saturated rings.